The molecule has 0 saturated carbocycles. The van der Waals surface area contributed by atoms with Crippen molar-refractivity contribution in [3.05, 3.63) is 89.2 Å². The maximum absolute atomic E-state index is 12.4. The van der Waals surface area contributed by atoms with Gasteiger partial charge in [0, 0.05) is 22.7 Å². The fraction of sp³-hybridized carbons (Fsp3) is 0.0455. The summed E-state index contributed by atoms with van der Waals surface area (Å²) in [5, 5.41) is 5.40. The lowest BCUT2D eigenvalue weighted by molar-refractivity contribution is -0.113. The van der Waals surface area contributed by atoms with Gasteiger partial charge in [0.1, 0.15) is 0 Å². The van der Waals surface area contributed by atoms with E-state index in [1.54, 1.807) is 0 Å². The molecule has 0 aliphatic carbocycles. The van der Waals surface area contributed by atoms with Gasteiger partial charge in [-0.15, -0.1) is 12.4 Å². The van der Waals surface area contributed by atoms with E-state index in [2.05, 4.69) is 15.3 Å². The van der Waals surface area contributed by atoms with Crippen LogP contribution in [0.25, 0.3) is 22.0 Å². The van der Waals surface area contributed by atoms with Gasteiger partial charge in [-0.05, 0) is 11.5 Å². The standard InChI is InChI=1S/C22H17N3O2S.ClH/c26-20-13-19(16-8-2-1-3-9-16)24-22(25-20)28-14-21(27)23-18-12-6-10-15-7-4-5-11-17(15)18;/h1-13H,14H2,(H,23,27)(H,24,25,26);1H. The summed E-state index contributed by atoms with van der Waals surface area (Å²) in [6.45, 7) is 0. The second-order valence-electron chi connectivity index (χ2n) is 6.17. The number of benzene rings is 3. The van der Waals surface area contributed by atoms with Crippen molar-refractivity contribution in [2.75, 3.05) is 11.1 Å². The Morgan fingerprint density at radius 1 is 0.966 bits per heavy atom. The molecule has 4 rings (SSSR count). The number of aromatic amines is 1. The number of halogens is 1. The zero-order valence-corrected chi connectivity index (χ0v) is 16.9. The molecular weight excluding hydrogens is 406 g/mol. The minimum Gasteiger partial charge on any atom is -0.325 e. The highest BCUT2D eigenvalue weighted by Gasteiger charge is 2.09. The highest BCUT2D eigenvalue weighted by molar-refractivity contribution is 7.99. The smallest absolute Gasteiger partial charge is 0.252 e. The van der Waals surface area contributed by atoms with Crippen LogP contribution in [0, 0.1) is 0 Å². The molecule has 2 N–H and O–H groups in total. The summed E-state index contributed by atoms with van der Waals surface area (Å²) >= 11 is 1.20. The van der Waals surface area contributed by atoms with Crippen molar-refractivity contribution in [2.24, 2.45) is 0 Å². The molecule has 0 saturated heterocycles. The Bertz CT molecular complexity index is 1190. The van der Waals surface area contributed by atoms with Crippen molar-refractivity contribution < 1.29 is 4.79 Å². The molecule has 0 aliphatic rings. The summed E-state index contributed by atoms with van der Waals surface area (Å²) in [5.41, 5.74) is 1.96. The summed E-state index contributed by atoms with van der Waals surface area (Å²) in [4.78, 5) is 31.5. The number of thioether (sulfide) groups is 1. The van der Waals surface area contributed by atoms with E-state index in [0.717, 1.165) is 22.0 Å². The van der Waals surface area contributed by atoms with Crippen molar-refractivity contribution in [1.82, 2.24) is 9.97 Å². The fourth-order valence-corrected chi connectivity index (χ4v) is 3.59. The molecule has 0 aliphatic heterocycles. The third-order valence-corrected chi connectivity index (χ3v) is 5.07. The van der Waals surface area contributed by atoms with Crippen LogP contribution >= 0.6 is 24.2 Å². The normalized spacial score (nSPS) is 10.3. The van der Waals surface area contributed by atoms with Gasteiger partial charge in [0.2, 0.25) is 5.91 Å². The zero-order chi connectivity index (χ0) is 19.3. The Kier molecular flexibility index (Phi) is 6.69. The number of nitrogens with zero attached hydrogens (tertiary/aromatic N) is 1. The average Bonchev–Trinajstić information content (AvgIpc) is 2.73. The topological polar surface area (TPSA) is 74.8 Å². The second-order valence-corrected chi connectivity index (χ2v) is 7.13. The number of hydrogen-bond acceptors (Lipinski definition) is 4. The van der Waals surface area contributed by atoms with Gasteiger partial charge in [-0.2, -0.15) is 0 Å². The molecule has 3 aromatic carbocycles. The molecule has 1 amide bonds. The van der Waals surface area contributed by atoms with Crippen LogP contribution in [0.3, 0.4) is 0 Å². The predicted molar refractivity (Wildman–Crippen MR) is 121 cm³/mol. The number of H-pyrrole nitrogens is 1. The van der Waals surface area contributed by atoms with Crippen molar-refractivity contribution in [3.63, 3.8) is 0 Å². The summed E-state index contributed by atoms with van der Waals surface area (Å²) in [6, 6.07) is 24.6. The van der Waals surface area contributed by atoms with Gasteiger partial charge in [0.25, 0.3) is 5.56 Å². The van der Waals surface area contributed by atoms with Crippen molar-refractivity contribution in [3.8, 4) is 11.3 Å². The molecule has 0 unspecified atom stereocenters. The van der Waals surface area contributed by atoms with Crippen LogP contribution < -0.4 is 10.9 Å². The molecule has 29 heavy (non-hydrogen) atoms. The van der Waals surface area contributed by atoms with E-state index >= 15 is 0 Å². The van der Waals surface area contributed by atoms with Crippen molar-refractivity contribution in [1.29, 1.82) is 0 Å². The SMILES string of the molecule is Cl.O=C(CSc1nc(-c2ccccc2)cc(=O)[nH]1)Nc1cccc2ccccc12. The first-order valence-corrected chi connectivity index (χ1v) is 9.75. The molecule has 7 heteroatoms. The van der Waals surface area contributed by atoms with E-state index in [1.165, 1.54) is 17.8 Å². The lowest BCUT2D eigenvalue weighted by atomic mass is 10.1. The monoisotopic (exact) mass is 423 g/mol. The second kappa shape index (κ2) is 9.41. The van der Waals surface area contributed by atoms with E-state index in [-0.39, 0.29) is 29.6 Å². The number of fused-ring (bicyclic) bond motifs is 1. The molecule has 0 radical (unpaired) electrons. The highest BCUT2D eigenvalue weighted by Crippen LogP contribution is 2.24. The van der Waals surface area contributed by atoms with E-state index in [1.807, 2.05) is 72.8 Å². The van der Waals surface area contributed by atoms with E-state index in [0.29, 0.717) is 10.9 Å². The lowest BCUT2D eigenvalue weighted by Gasteiger charge is -2.09. The van der Waals surface area contributed by atoms with Gasteiger partial charge in [-0.25, -0.2) is 4.98 Å². The molecule has 5 nitrogen and oxygen atoms in total. The van der Waals surface area contributed by atoms with Crippen LogP contribution in [0.4, 0.5) is 5.69 Å². The molecule has 146 valence electrons. The van der Waals surface area contributed by atoms with Gasteiger partial charge >= 0.3 is 0 Å². The number of aromatic nitrogens is 2. The minimum atomic E-state index is -0.245. The van der Waals surface area contributed by atoms with Gasteiger partial charge in [0.15, 0.2) is 5.16 Å². The molecule has 4 aromatic rings. The molecular formula is C22H18ClN3O2S. The van der Waals surface area contributed by atoms with E-state index in [9.17, 15) is 9.59 Å². The number of hydrogen-bond donors (Lipinski definition) is 2. The Morgan fingerprint density at radius 3 is 2.52 bits per heavy atom. The van der Waals surface area contributed by atoms with Crippen molar-refractivity contribution in [2.45, 2.75) is 5.16 Å². The first-order valence-electron chi connectivity index (χ1n) is 8.76. The van der Waals surface area contributed by atoms with Gasteiger partial charge < -0.3 is 10.3 Å². The van der Waals surface area contributed by atoms with Gasteiger partial charge in [0.05, 0.1) is 11.4 Å². The molecule has 1 aromatic heterocycles. The average molecular weight is 424 g/mol. The van der Waals surface area contributed by atoms with Gasteiger partial charge in [-0.1, -0.05) is 78.5 Å². The van der Waals surface area contributed by atoms with Crippen LogP contribution in [-0.4, -0.2) is 21.6 Å². The maximum Gasteiger partial charge on any atom is 0.252 e. The number of amides is 1. The summed E-state index contributed by atoms with van der Waals surface area (Å²) in [7, 11) is 0. The van der Waals surface area contributed by atoms with Crippen LogP contribution in [0.15, 0.2) is 88.8 Å². The maximum atomic E-state index is 12.4. The number of rotatable bonds is 5. The van der Waals surface area contributed by atoms with Crippen LogP contribution in [0.5, 0.6) is 0 Å². The lowest BCUT2D eigenvalue weighted by Crippen LogP contribution is -2.15. The zero-order valence-electron chi connectivity index (χ0n) is 15.3. The van der Waals surface area contributed by atoms with E-state index in [4.69, 9.17) is 0 Å². The largest absolute Gasteiger partial charge is 0.325 e. The summed E-state index contributed by atoms with van der Waals surface area (Å²) < 4.78 is 0. The van der Waals surface area contributed by atoms with Crippen LogP contribution in [0.1, 0.15) is 0 Å². The third-order valence-electron chi connectivity index (χ3n) is 4.19. The third kappa shape index (κ3) is 5.04. The quantitative estimate of drug-likeness (QED) is 0.359. The predicted octanol–water partition coefficient (Wildman–Crippen LogP) is 4.74. The van der Waals surface area contributed by atoms with Crippen molar-refractivity contribution >= 4 is 46.5 Å². The van der Waals surface area contributed by atoms with Crippen LogP contribution in [-0.2, 0) is 4.79 Å². The fourth-order valence-electron chi connectivity index (χ4n) is 2.92. The molecule has 0 bridgehead atoms. The number of anilines is 1. The number of carbonyl (C=O) groups is 1. The van der Waals surface area contributed by atoms with Crippen LogP contribution in [0.2, 0.25) is 0 Å². The van der Waals surface area contributed by atoms with E-state index < -0.39 is 0 Å². The Hall–Kier alpha value is -3.09. The summed E-state index contributed by atoms with van der Waals surface area (Å²) in [6.07, 6.45) is 0. The first kappa shape index (κ1) is 20.6. The molecule has 1 heterocycles. The number of carbonyl (C=O) groups excluding carboxylic acids is 1. The number of nitrogens with one attached hydrogen (secondary N) is 2. The highest BCUT2D eigenvalue weighted by atomic mass is 35.5. The Morgan fingerprint density at radius 2 is 1.69 bits per heavy atom. The Balaban J connectivity index is 0.00000240. The molecule has 0 fully saturated rings. The Labute approximate surface area is 178 Å². The minimum absolute atomic E-state index is 0. The molecule has 0 spiro atoms. The van der Waals surface area contributed by atoms with Gasteiger partial charge in [-0.3, -0.25) is 9.59 Å². The summed E-state index contributed by atoms with van der Waals surface area (Å²) in [5.74, 6) is -0.0150. The first-order chi connectivity index (χ1) is 13.7. The molecule has 0 atom stereocenters.